The summed E-state index contributed by atoms with van der Waals surface area (Å²) in [6.07, 6.45) is 0. The number of benzene rings is 8. The molecule has 0 amide bonds. The minimum atomic E-state index is -1.38. The van der Waals surface area contributed by atoms with Crippen molar-refractivity contribution < 1.29 is 0 Å². The minimum Gasteiger partial charge on any atom is -0.208 e. The van der Waals surface area contributed by atoms with E-state index in [2.05, 4.69) is 165 Å². The fourth-order valence-corrected chi connectivity index (χ4v) is 8.42. The summed E-state index contributed by atoms with van der Waals surface area (Å²) in [5.74, 6) is 1.93. The van der Waals surface area contributed by atoms with Crippen LogP contribution in [0.25, 0.3) is 89.1 Å². The SMILES string of the molecule is C[Si](C)(C)c1ccc2c(ccc3cc(-c4cccc(-c5cccc(-c6nc(-c7ccccc7)nc(-c7cccc(-c8ccccc8)c7)n6)c5)c4)ccc32)c1. The lowest BCUT2D eigenvalue weighted by Gasteiger charge is -2.17. The molecule has 1 heterocycles. The van der Waals surface area contributed by atoms with Gasteiger partial charge in [0, 0.05) is 16.7 Å². The van der Waals surface area contributed by atoms with E-state index in [4.69, 9.17) is 15.0 Å². The third-order valence-electron chi connectivity index (χ3n) is 10.2. The molecular formula is C50H39N3Si. The Hall–Kier alpha value is -6.49. The van der Waals surface area contributed by atoms with Gasteiger partial charge in [-0.1, -0.05) is 183 Å². The van der Waals surface area contributed by atoms with E-state index in [1.807, 2.05) is 36.4 Å². The van der Waals surface area contributed by atoms with Crippen molar-refractivity contribution in [2.45, 2.75) is 19.6 Å². The van der Waals surface area contributed by atoms with Crippen molar-refractivity contribution in [3.63, 3.8) is 0 Å². The molecule has 0 radical (unpaired) electrons. The number of rotatable bonds is 7. The normalized spacial score (nSPS) is 11.6. The van der Waals surface area contributed by atoms with Crippen LogP contribution in [0.1, 0.15) is 0 Å². The Bertz CT molecular complexity index is 2800. The van der Waals surface area contributed by atoms with E-state index < -0.39 is 8.07 Å². The lowest BCUT2D eigenvalue weighted by Crippen LogP contribution is -2.37. The minimum absolute atomic E-state index is 0.640. The Morgan fingerprint density at radius 2 is 0.685 bits per heavy atom. The number of nitrogens with zero attached hydrogens (tertiary/aromatic N) is 3. The Morgan fingerprint density at radius 3 is 1.22 bits per heavy atom. The first-order valence-electron chi connectivity index (χ1n) is 18.5. The van der Waals surface area contributed by atoms with Crippen molar-refractivity contribution in [3.05, 3.63) is 182 Å². The van der Waals surface area contributed by atoms with Crippen LogP contribution in [0.15, 0.2) is 182 Å². The molecule has 4 heteroatoms. The highest BCUT2D eigenvalue weighted by atomic mass is 28.3. The smallest absolute Gasteiger partial charge is 0.164 e. The van der Waals surface area contributed by atoms with Gasteiger partial charge in [-0.25, -0.2) is 15.0 Å². The van der Waals surface area contributed by atoms with Crippen molar-refractivity contribution in [2.24, 2.45) is 0 Å². The van der Waals surface area contributed by atoms with E-state index in [9.17, 15) is 0 Å². The molecule has 9 rings (SSSR count). The van der Waals surface area contributed by atoms with Gasteiger partial charge >= 0.3 is 0 Å². The van der Waals surface area contributed by atoms with Gasteiger partial charge in [-0.15, -0.1) is 0 Å². The molecule has 0 saturated heterocycles. The van der Waals surface area contributed by atoms with Crippen LogP contribution in [0.4, 0.5) is 0 Å². The lowest BCUT2D eigenvalue weighted by molar-refractivity contribution is 1.07. The Morgan fingerprint density at radius 1 is 0.296 bits per heavy atom. The highest BCUT2D eigenvalue weighted by Crippen LogP contribution is 2.34. The number of hydrogen-bond donors (Lipinski definition) is 0. The molecule has 0 bridgehead atoms. The molecule has 0 N–H and O–H groups in total. The van der Waals surface area contributed by atoms with Gasteiger partial charge in [-0.3, -0.25) is 0 Å². The highest BCUT2D eigenvalue weighted by Gasteiger charge is 2.17. The molecule has 0 atom stereocenters. The maximum absolute atomic E-state index is 5.08. The van der Waals surface area contributed by atoms with Crippen LogP contribution in [-0.4, -0.2) is 23.0 Å². The van der Waals surface area contributed by atoms with Crippen LogP contribution < -0.4 is 5.19 Å². The molecule has 258 valence electrons. The van der Waals surface area contributed by atoms with Gasteiger partial charge in [0.25, 0.3) is 0 Å². The first-order chi connectivity index (χ1) is 26.4. The molecule has 8 aromatic carbocycles. The third-order valence-corrected chi connectivity index (χ3v) is 12.3. The Balaban J connectivity index is 1.08. The molecular weight excluding hydrogens is 671 g/mol. The summed E-state index contributed by atoms with van der Waals surface area (Å²) in [4.78, 5) is 15.1. The molecule has 0 aliphatic heterocycles. The van der Waals surface area contributed by atoms with Crippen LogP contribution in [0.5, 0.6) is 0 Å². The number of fused-ring (bicyclic) bond motifs is 3. The standard InChI is InChI=1S/C50H39N3Si/c1-54(2,3)45-26-28-47-42(33-45)24-23-41-30-40(25-27-46(41)47)38-19-10-18-37(29-38)39-20-12-22-44(32-39)50-52-48(35-15-8-5-9-16-35)51-49(53-50)43-21-11-17-36(31-43)34-13-6-4-7-14-34/h4-33H,1-3H3. The van der Waals surface area contributed by atoms with Gasteiger partial charge in [0.15, 0.2) is 17.5 Å². The number of hydrogen-bond acceptors (Lipinski definition) is 3. The summed E-state index contributed by atoms with van der Waals surface area (Å²) in [6, 6.07) is 64.8. The fraction of sp³-hybridized carbons (Fsp3) is 0.0600. The van der Waals surface area contributed by atoms with E-state index in [0.717, 1.165) is 38.9 Å². The average molecular weight is 710 g/mol. The second-order valence-corrected chi connectivity index (χ2v) is 20.0. The first-order valence-corrected chi connectivity index (χ1v) is 22.0. The van der Waals surface area contributed by atoms with Gasteiger partial charge in [0.1, 0.15) is 0 Å². The molecule has 1 aromatic heterocycles. The first kappa shape index (κ1) is 33.4. The zero-order chi connectivity index (χ0) is 36.6. The summed E-state index contributed by atoms with van der Waals surface area (Å²) in [6.45, 7) is 7.22. The zero-order valence-electron chi connectivity index (χ0n) is 30.7. The summed E-state index contributed by atoms with van der Waals surface area (Å²) in [7, 11) is -1.38. The van der Waals surface area contributed by atoms with E-state index in [0.29, 0.717) is 17.5 Å². The summed E-state index contributed by atoms with van der Waals surface area (Å²) >= 11 is 0. The quantitative estimate of drug-likeness (QED) is 0.122. The van der Waals surface area contributed by atoms with Crippen LogP contribution in [-0.2, 0) is 0 Å². The lowest BCUT2D eigenvalue weighted by atomic mass is 9.95. The van der Waals surface area contributed by atoms with Crippen molar-refractivity contribution in [2.75, 3.05) is 0 Å². The molecule has 0 spiro atoms. The molecule has 0 saturated carbocycles. The van der Waals surface area contributed by atoms with Crippen molar-refractivity contribution in [3.8, 4) is 67.5 Å². The van der Waals surface area contributed by atoms with Gasteiger partial charge in [-0.2, -0.15) is 0 Å². The maximum Gasteiger partial charge on any atom is 0.164 e. The monoisotopic (exact) mass is 709 g/mol. The molecule has 0 unspecified atom stereocenters. The zero-order valence-corrected chi connectivity index (χ0v) is 31.7. The largest absolute Gasteiger partial charge is 0.208 e. The van der Waals surface area contributed by atoms with E-state index >= 15 is 0 Å². The van der Waals surface area contributed by atoms with Crippen LogP contribution >= 0.6 is 0 Å². The van der Waals surface area contributed by atoms with Crippen LogP contribution in [0.2, 0.25) is 19.6 Å². The van der Waals surface area contributed by atoms with Gasteiger partial charge in [0.05, 0.1) is 8.07 Å². The van der Waals surface area contributed by atoms with Crippen molar-refractivity contribution in [1.82, 2.24) is 15.0 Å². The fourth-order valence-electron chi connectivity index (χ4n) is 7.25. The number of aromatic nitrogens is 3. The maximum atomic E-state index is 5.08. The molecule has 0 fully saturated rings. The van der Waals surface area contributed by atoms with Crippen molar-refractivity contribution in [1.29, 1.82) is 0 Å². The van der Waals surface area contributed by atoms with Gasteiger partial charge in [-0.05, 0) is 79.2 Å². The summed E-state index contributed by atoms with van der Waals surface area (Å²) < 4.78 is 0. The predicted molar refractivity (Wildman–Crippen MR) is 230 cm³/mol. The van der Waals surface area contributed by atoms with E-state index in [1.54, 1.807) is 0 Å². The summed E-state index contributed by atoms with van der Waals surface area (Å²) in [5.41, 5.74) is 9.73. The van der Waals surface area contributed by atoms with Gasteiger partial charge < -0.3 is 0 Å². The van der Waals surface area contributed by atoms with Crippen molar-refractivity contribution >= 4 is 34.8 Å². The second kappa shape index (κ2) is 13.8. The molecule has 0 aliphatic carbocycles. The van der Waals surface area contributed by atoms with Crippen LogP contribution in [0, 0.1) is 0 Å². The average Bonchev–Trinajstić information content (AvgIpc) is 3.23. The van der Waals surface area contributed by atoms with E-state index in [-0.39, 0.29) is 0 Å². The summed E-state index contributed by atoms with van der Waals surface area (Å²) in [5, 5.41) is 6.67. The molecule has 9 aromatic rings. The third kappa shape index (κ3) is 6.64. The second-order valence-electron chi connectivity index (χ2n) is 15.0. The Labute approximate surface area is 317 Å². The van der Waals surface area contributed by atoms with Crippen LogP contribution in [0.3, 0.4) is 0 Å². The van der Waals surface area contributed by atoms with Gasteiger partial charge in [0.2, 0.25) is 0 Å². The molecule has 3 nitrogen and oxygen atoms in total. The molecule has 54 heavy (non-hydrogen) atoms. The predicted octanol–water partition coefficient (Wildman–Crippen LogP) is 12.7. The highest BCUT2D eigenvalue weighted by molar-refractivity contribution is 6.88. The van der Waals surface area contributed by atoms with E-state index in [1.165, 1.54) is 37.9 Å². The topological polar surface area (TPSA) is 38.7 Å². The molecule has 0 aliphatic rings. The Kier molecular flexibility index (Phi) is 8.53.